The second-order valence-electron chi connectivity index (χ2n) is 7.87. The molecule has 0 radical (unpaired) electrons. The summed E-state index contributed by atoms with van der Waals surface area (Å²) in [5.41, 5.74) is 3.93. The van der Waals surface area contributed by atoms with Crippen molar-refractivity contribution in [1.29, 1.82) is 0 Å². The summed E-state index contributed by atoms with van der Waals surface area (Å²) in [6.45, 7) is 6.73. The lowest BCUT2D eigenvalue weighted by molar-refractivity contribution is 0.0750. The fraction of sp³-hybridized carbons (Fsp3) is 0.250. The molecule has 3 aromatic heterocycles. The first kappa shape index (κ1) is 20.4. The molecule has 1 aliphatic heterocycles. The van der Waals surface area contributed by atoms with E-state index in [2.05, 4.69) is 39.1 Å². The molecule has 4 aromatic rings. The van der Waals surface area contributed by atoms with Crippen molar-refractivity contribution in [2.45, 2.75) is 13.8 Å². The Hall–Kier alpha value is -3.52. The third-order valence-electron chi connectivity index (χ3n) is 5.77. The number of rotatable bonds is 4. The number of aryl methyl sites for hydroxylation is 2. The van der Waals surface area contributed by atoms with E-state index in [1.165, 1.54) is 16.9 Å². The van der Waals surface area contributed by atoms with E-state index in [4.69, 9.17) is 0 Å². The first-order chi connectivity index (χ1) is 15.6. The highest BCUT2D eigenvalue weighted by Crippen LogP contribution is 2.25. The molecule has 0 aliphatic carbocycles. The van der Waals surface area contributed by atoms with Crippen LogP contribution in [0.15, 0.2) is 60.9 Å². The number of hydrogen-bond donors (Lipinski definition) is 0. The monoisotopic (exact) mass is 444 g/mol. The highest BCUT2D eigenvalue weighted by molar-refractivity contribution is 7.16. The summed E-state index contributed by atoms with van der Waals surface area (Å²) >= 11 is 1.44. The largest absolute Gasteiger partial charge is 0.352 e. The Morgan fingerprint density at radius 2 is 1.66 bits per heavy atom. The molecule has 1 saturated heterocycles. The third-order valence-corrected chi connectivity index (χ3v) is 6.93. The first-order valence-electron chi connectivity index (χ1n) is 10.6. The summed E-state index contributed by atoms with van der Waals surface area (Å²) in [7, 11) is 0. The Balaban J connectivity index is 1.24. The van der Waals surface area contributed by atoms with Gasteiger partial charge in [0.2, 0.25) is 0 Å². The van der Waals surface area contributed by atoms with Crippen molar-refractivity contribution in [1.82, 2.24) is 24.6 Å². The predicted molar refractivity (Wildman–Crippen MR) is 126 cm³/mol. The fourth-order valence-electron chi connectivity index (χ4n) is 3.93. The van der Waals surface area contributed by atoms with Crippen molar-refractivity contribution in [3.05, 3.63) is 77.1 Å². The fourth-order valence-corrected chi connectivity index (χ4v) is 4.94. The van der Waals surface area contributed by atoms with Crippen molar-refractivity contribution in [3.8, 4) is 16.4 Å². The Labute approximate surface area is 191 Å². The number of piperazine rings is 1. The number of benzene rings is 1. The van der Waals surface area contributed by atoms with Crippen LogP contribution in [0, 0.1) is 13.8 Å². The second kappa shape index (κ2) is 8.55. The third kappa shape index (κ3) is 3.89. The summed E-state index contributed by atoms with van der Waals surface area (Å²) in [6, 6.07) is 16.1. The van der Waals surface area contributed by atoms with E-state index in [9.17, 15) is 4.79 Å². The van der Waals surface area contributed by atoms with Gasteiger partial charge in [0.15, 0.2) is 10.9 Å². The molecule has 1 aromatic carbocycles. The molecule has 4 heterocycles. The van der Waals surface area contributed by atoms with Crippen molar-refractivity contribution >= 4 is 23.1 Å². The van der Waals surface area contributed by atoms with Crippen LogP contribution in [-0.2, 0) is 0 Å². The smallest absolute Gasteiger partial charge is 0.266 e. The van der Waals surface area contributed by atoms with Gasteiger partial charge in [-0.25, -0.2) is 4.98 Å². The van der Waals surface area contributed by atoms with Crippen LogP contribution in [0.5, 0.6) is 0 Å². The number of thiazole rings is 1. The molecular formula is C24H24N6OS. The maximum Gasteiger partial charge on any atom is 0.266 e. The summed E-state index contributed by atoms with van der Waals surface area (Å²) in [6.07, 6.45) is 3.88. The van der Waals surface area contributed by atoms with Gasteiger partial charge in [-0.2, -0.15) is 0 Å². The van der Waals surface area contributed by atoms with Gasteiger partial charge in [0.05, 0.1) is 11.4 Å². The number of nitrogens with zero attached hydrogens (tertiary/aromatic N) is 6. The van der Waals surface area contributed by atoms with Crippen molar-refractivity contribution in [3.63, 3.8) is 0 Å². The van der Waals surface area contributed by atoms with Gasteiger partial charge < -0.3 is 14.4 Å². The molecular weight excluding hydrogens is 420 g/mol. The molecule has 0 saturated carbocycles. The molecule has 0 unspecified atom stereocenters. The lowest BCUT2D eigenvalue weighted by Crippen LogP contribution is -2.49. The average molecular weight is 445 g/mol. The van der Waals surface area contributed by atoms with Gasteiger partial charge in [-0.15, -0.1) is 10.2 Å². The SMILES string of the molecule is Cc1ccccc1-c1ccc(N2CCN(C(=O)c3sc(-n4cccc4)nc3C)CC2)nn1. The van der Waals surface area contributed by atoms with Gasteiger partial charge in [0.1, 0.15) is 4.88 Å². The predicted octanol–water partition coefficient (Wildman–Crippen LogP) is 3.97. The topological polar surface area (TPSA) is 67.2 Å². The van der Waals surface area contributed by atoms with Gasteiger partial charge in [0, 0.05) is 44.1 Å². The van der Waals surface area contributed by atoms with Gasteiger partial charge >= 0.3 is 0 Å². The Morgan fingerprint density at radius 1 is 0.906 bits per heavy atom. The number of amides is 1. The van der Waals surface area contributed by atoms with Crippen LogP contribution < -0.4 is 4.90 Å². The summed E-state index contributed by atoms with van der Waals surface area (Å²) < 4.78 is 1.94. The van der Waals surface area contributed by atoms with Crippen LogP contribution in [-0.4, -0.2) is 56.7 Å². The molecule has 1 fully saturated rings. The van der Waals surface area contributed by atoms with E-state index in [0.717, 1.165) is 41.0 Å². The van der Waals surface area contributed by atoms with Crippen molar-refractivity contribution in [2.24, 2.45) is 0 Å². The van der Waals surface area contributed by atoms with Crippen LogP contribution in [0.4, 0.5) is 5.82 Å². The molecule has 1 amide bonds. The highest BCUT2D eigenvalue weighted by atomic mass is 32.1. The molecule has 0 N–H and O–H groups in total. The van der Waals surface area contributed by atoms with E-state index in [1.54, 1.807) is 0 Å². The lowest BCUT2D eigenvalue weighted by Gasteiger charge is -2.35. The van der Waals surface area contributed by atoms with Crippen LogP contribution in [0.1, 0.15) is 20.9 Å². The zero-order valence-corrected chi connectivity index (χ0v) is 18.9. The van der Waals surface area contributed by atoms with Crippen molar-refractivity contribution in [2.75, 3.05) is 31.1 Å². The quantitative estimate of drug-likeness (QED) is 0.477. The lowest BCUT2D eigenvalue weighted by atomic mass is 10.1. The Bertz CT molecular complexity index is 1220. The van der Waals surface area contributed by atoms with E-state index in [1.807, 2.05) is 65.2 Å². The highest BCUT2D eigenvalue weighted by Gasteiger charge is 2.26. The molecule has 8 heteroatoms. The van der Waals surface area contributed by atoms with E-state index in [0.29, 0.717) is 18.0 Å². The second-order valence-corrected chi connectivity index (χ2v) is 8.85. The molecule has 7 nitrogen and oxygen atoms in total. The minimum atomic E-state index is 0.0547. The summed E-state index contributed by atoms with van der Waals surface area (Å²) in [5, 5.41) is 9.72. The maximum absolute atomic E-state index is 13.1. The number of carbonyl (C=O) groups is 1. The van der Waals surface area contributed by atoms with Gasteiger partial charge in [-0.3, -0.25) is 4.79 Å². The average Bonchev–Trinajstić information content (AvgIpc) is 3.49. The van der Waals surface area contributed by atoms with Crippen LogP contribution >= 0.6 is 11.3 Å². The molecule has 32 heavy (non-hydrogen) atoms. The zero-order valence-electron chi connectivity index (χ0n) is 18.1. The molecule has 0 bridgehead atoms. The van der Waals surface area contributed by atoms with E-state index >= 15 is 0 Å². The molecule has 0 atom stereocenters. The standard InChI is InChI=1S/C24H24N6OS/c1-17-7-3-4-8-19(17)20-9-10-21(27-26-20)28-13-15-29(16-14-28)23(31)22-18(2)25-24(32-22)30-11-5-6-12-30/h3-12H,13-16H2,1-2H3. The summed E-state index contributed by atoms with van der Waals surface area (Å²) in [4.78, 5) is 22.5. The van der Waals surface area contributed by atoms with E-state index in [-0.39, 0.29) is 5.91 Å². The van der Waals surface area contributed by atoms with Gasteiger partial charge in [-0.05, 0) is 43.7 Å². The first-order valence-corrected chi connectivity index (χ1v) is 11.5. The summed E-state index contributed by atoms with van der Waals surface area (Å²) in [5.74, 6) is 0.900. The normalized spacial score (nSPS) is 14.1. The van der Waals surface area contributed by atoms with Gasteiger partial charge in [0.25, 0.3) is 5.91 Å². The van der Waals surface area contributed by atoms with Crippen LogP contribution in [0.25, 0.3) is 16.4 Å². The molecule has 1 aliphatic rings. The molecule has 0 spiro atoms. The zero-order chi connectivity index (χ0) is 22.1. The Kier molecular flexibility index (Phi) is 5.45. The Morgan fingerprint density at radius 3 is 2.34 bits per heavy atom. The van der Waals surface area contributed by atoms with Crippen LogP contribution in [0.3, 0.4) is 0 Å². The van der Waals surface area contributed by atoms with Crippen molar-refractivity contribution < 1.29 is 4.79 Å². The molecule has 162 valence electrons. The minimum absolute atomic E-state index is 0.0547. The number of aromatic nitrogens is 4. The van der Waals surface area contributed by atoms with Gasteiger partial charge in [-0.1, -0.05) is 35.6 Å². The molecule has 5 rings (SSSR count). The number of carbonyl (C=O) groups excluding carboxylic acids is 1. The number of hydrogen-bond acceptors (Lipinski definition) is 6. The maximum atomic E-state index is 13.1. The van der Waals surface area contributed by atoms with Crippen LogP contribution in [0.2, 0.25) is 0 Å². The van der Waals surface area contributed by atoms with E-state index < -0.39 is 0 Å². The number of anilines is 1. The minimum Gasteiger partial charge on any atom is -0.352 e.